The summed E-state index contributed by atoms with van der Waals surface area (Å²) in [5.74, 6) is -1.84. The highest BCUT2D eigenvalue weighted by Gasteiger charge is 2.60. The molecule has 2 amide bonds. The first-order valence-corrected chi connectivity index (χ1v) is 10.2. The van der Waals surface area contributed by atoms with Gasteiger partial charge in [-0.2, -0.15) is 0 Å². The molecular weight excluding hydrogens is 434 g/mol. The molecule has 32 heavy (non-hydrogen) atoms. The number of halogens is 1. The van der Waals surface area contributed by atoms with Crippen molar-refractivity contribution in [2.45, 2.75) is 12.1 Å². The molecule has 3 aromatic carbocycles. The Morgan fingerprint density at radius 3 is 2.31 bits per heavy atom. The summed E-state index contributed by atoms with van der Waals surface area (Å²) in [6.07, 6.45) is -1.06. The number of non-ortho nitro benzene ring substituents is 1. The molecule has 2 aliphatic heterocycles. The Kier molecular flexibility index (Phi) is 4.88. The zero-order valence-electron chi connectivity index (χ0n) is 16.5. The summed E-state index contributed by atoms with van der Waals surface area (Å²) in [6, 6.07) is 20.8. The van der Waals surface area contributed by atoms with E-state index in [1.165, 1.54) is 23.3 Å². The Hall–Kier alpha value is -3.75. The quantitative estimate of drug-likeness (QED) is 0.335. The van der Waals surface area contributed by atoms with E-state index in [2.05, 4.69) is 0 Å². The topological polar surface area (TPSA) is 93.0 Å². The number of nitro groups is 1. The van der Waals surface area contributed by atoms with E-state index in [9.17, 15) is 19.7 Å². The van der Waals surface area contributed by atoms with Gasteiger partial charge in [0.1, 0.15) is 5.92 Å². The van der Waals surface area contributed by atoms with E-state index < -0.39 is 34.8 Å². The standard InChI is InChI=1S/C23H16ClN3O5/c24-15-7-5-10-17(13-15)25-22(28)19-20(14-6-4-11-18(12-14)27(30)31)26(32-21(19)23(25)29)16-8-2-1-3-9-16/h1-13,19-21H/t19-,20-,21-/m1/s1. The van der Waals surface area contributed by atoms with Gasteiger partial charge in [0.15, 0.2) is 6.10 Å². The van der Waals surface area contributed by atoms with Gasteiger partial charge in [-0.25, -0.2) is 9.96 Å². The first-order valence-electron chi connectivity index (χ1n) is 9.84. The van der Waals surface area contributed by atoms with Crippen LogP contribution in [0.25, 0.3) is 0 Å². The van der Waals surface area contributed by atoms with E-state index >= 15 is 0 Å². The first kappa shape index (κ1) is 20.2. The van der Waals surface area contributed by atoms with Gasteiger partial charge < -0.3 is 0 Å². The number of hydrogen-bond donors (Lipinski definition) is 0. The number of rotatable bonds is 4. The van der Waals surface area contributed by atoms with Gasteiger partial charge in [-0.05, 0) is 35.9 Å². The van der Waals surface area contributed by atoms with Crippen LogP contribution >= 0.6 is 11.6 Å². The van der Waals surface area contributed by atoms with Crippen molar-refractivity contribution in [1.29, 1.82) is 0 Å². The first-order chi connectivity index (χ1) is 15.5. The molecule has 0 N–H and O–H groups in total. The van der Waals surface area contributed by atoms with E-state index in [1.54, 1.807) is 54.6 Å². The maximum Gasteiger partial charge on any atom is 0.269 e. The summed E-state index contributed by atoms with van der Waals surface area (Å²) >= 11 is 6.06. The number of hydroxylamine groups is 1. The van der Waals surface area contributed by atoms with Crippen LogP contribution in [-0.2, 0) is 14.4 Å². The van der Waals surface area contributed by atoms with Crippen LogP contribution in [0.1, 0.15) is 11.6 Å². The maximum absolute atomic E-state index is 13.5. The van der Waals surface area contributed by atoms with Crippen LogP contribution in [0.15, 0.2) is 78.9 Å². The molecule has 2 heterocycles. The van der Waals surface area contributed by atoms with Crippen molar-refractivity contribution >= 4 is 40.5 Å². The molecule has 2 saturated heterocycles. The van der Waals surface area contributed by atoms with Crippen LogP contribution < -0.4 is 9.96 Å². The van der Waals surface area contributed by atoms with Crippen molar-refractivity contribution < 1.29 is 19.3 Å². The van der Waals surface area contributed by atoms with Crippen LogP contribution in [-0.4, -0.2) is 22.8 Å². The van der Waals surface area contributed by atoms with Gasteiger partial charge in [-0.3, -0.25) is 24.5 Å². The third-order valence-electron chi connectivity index (χ3n) is 5.62. The second kappa shape index (κ2) is 7.74. The average Bonchev–Trinajstić information content (AvgIpc) is 3.30. The second-order valence-corrected chi connectivity index (χ2v) is 7.94. The number of amides is 2. The lowest BCUT2D eigenvalue weighted by atomic mass is 9.90. The van der Waals surface area contributed by atoms with Gasteiger partial charge >= 0.3 is 0 Å². The summed E-state index contributed by atoms with van der Waals surface area (Å²) in [5, 5.41) is 13.2. The van der Waals surface area contributed by atoms with E-state index in [0.29, 0.717) is 22.0 Å². The second-order valence-electron chi connectivity index (χ2n) is 7.50. The van der Waals surface area contributed by atoms with E-state index in [0.717, 1.165) is 4.90 Å². The molecule has 0 spiro atoms. The van der Waals surface area contributed by atoms with Crippen molar-refractivity contribution in [2.24, 2.45) is 5.92 Å². The number of hydrogen-bond acceptors (Lipinski definition) is 6. The van der Waals surface area contributed by atoms with Gasteiger partial charge in [0.2, 0.25) is 5.91 Å². The molecule has 3 aromatic rings. The van der Waals surface area contributed by atoms with Crippen molar-refractivity contribution in [2.75, 3.05) is 9.96 Å². The highest BCUT2D eigenvalue weighted by Crippen LogP contribution is 2.48. The summed E-state index contributed by atoms with van der Waals surface area (Å²) in [6.45, 7) is 0. The minimum Gasteiger partial charge on any atom is -0.273 e. The molecular formula is C23H16ClN3O5. The number of fused-ring (bicyclic) bond motifs is 1. The monoisotopic (exact) mass is 449 g/mol. The number of nitro benzene ring substituents is 1. The predicted molar refractivity (Wildman–Crippen MR) is 117 cm³/mol. The van der Waals surface area contributed by atoms with Crippen LogP contribution in [0.3, 0.4) is 0 Å². The molecule has 0 aliphatic carbocycles. The molecule has 2 aliphatic rings. The molecule has 0 unspecified atom stereocenters. The van der Waals surface area contributed by atoms with Crippen LogP contribution in [0.4, 0.5) is 17.1 Å². The Balaban J connectivity index is 1.61. The molecule has 8 nitrogen and oxygen atoms in total. The predicted octanol–water partition coefficient (Wildman–Crippen LogP) is 4.30. The summed E-state index contributed by atoms with van der Waals surface area (Å²) in [5.41, 5.74) is 1.38. The number of anilines is 2. The Bertz CT molecular complexity index is 1240. The Morgan fingerprint density at radius 2 is 1.59 bits per heavy atom. The highest BCUT2D eigenvalue weighted by atomic mass is 35.5. The van der Waals surface area contributed by atoms with Gasteiger partial charge in [-0.1, -0.05) is 48.0 Å². The zero-order chi connectivity index (χ0) is 22.4. The maximum atomic E-state index is 13.5. The number of carbonyl (C=O) groups is 2. The number of benzene rings is 3. The lowest BCUT2D eigenvalue weighted by molar-refractivity contribution is -0.384. The molecule has 0 bridgehead atoms. The number of nitrogens with zero attached hydrogens (tertiary/aromatic N) is 3. The highest BCUT2D eigenvalue weighted by molar-refractivity contribution is 6.31. The number of carbonyl (C=O) groups excluding carboxylic acids is 2. The van der Waals surface area contributed by atoms with Gasteiger partial charge in [0.05, 0.1) is 22.3 Å². The normalized spacial score (nSPS) is 22.3. The smallest absolute Gasteiger partial charge is 0.269 e. The largest absolute Gasteiger partial charge is 0.273 e. The molecule has 0 saturated carbocycles. The minimum atomic E-state index is -1.06. The van der Waals surface area contributed by atoms with Crippen LogP contribution in [0, 0.1) is 16.0 Å². The van der Waals surface area contributed by atoms with Crippen molar-refractivity contribution in [3.05, 3.63) is 99.6 Å². The third kappa shape index (κ3) is 3.21. The Labute approximate surface area is 187 Å². The fourth-order valence-electron chi connectivity index (χ4n) is 4.24. The van der Waals surface area contributed by atoms with Crippen LogP contribution in [0.5, 0.6) is 0 Å². The summed E-state index contributed by atoms with van der Waals surface area (Å²) in [4.78, 5) is 44.7. The Morgan fingerprint density at radius 1 is 0.875 bits per heavy atom. The lowest BCUT2D eigenvalue weighted by Gasteiger charge is -2.28. The minimum absolute atomic E-state index is 0.109. The molecule has 5 rings (SSSR count). The summed E-state index contributed by atoms with van der Waals surface area (Å²) in [7, 11) is 0. The SMILES string of the molecule is O=C1[C@@H]2[C@@H](c3cccc([N+](=O)[O-])c3)N(c3ccccc3)O[C@H]2C(=O)N1c1cccc(Cl)c1. The molecule has 2 fully saturated rings. The molecule has 9 heteroatoms. The van der Waals surface area contributed by atoms with Crippen molar-refractivity contribution in [3.63, 3.8) is 0 Å². The van der Waals surface area contributed by atoms with Gasteiger partial charge in [0, 0.05) is 17.2 Å². The zero-order valence-corrected chi connectivity index (χ0v) is 17.3. The molecule has 0 aromatic heterocycles. The molecule has 0 radical (unpaired) electrons. The number of para-hydroxylation sites is 1. The van der Waals surface area contributed by atoms with Gasteiger partial charge in [0.25, 0.3) is 11.6 Å². The van der Waals surface area contributed by atoms with Crippen molar-refractivity contribution in [1.82, 2.24) is 0 Å². The van der Waals surface area contributed by atoms with Gasteiger partial charge in [-0.15, -0.1) is 0 Å². The fourth-order valence-corrected chi connectivity index (χ4v) is 4.43. The third-order valence-corrected chi connectivity index (χ3v) is 5.85. The average molecular weight is 450 g/mol. The van der Waals surface area contributed by atoms with Crippen molar-refractivity contribution in [3.8, 4) is 0 Å². The molecule has 3 atom stereocenters. The van der Waals surface area contributed by atoms with E-state index in [-0.39, 0.29) is 5.69 Å². The summed E-state index contributed by atoms with van der Waals surface area (Å²) < 4.78 is 0. The van der Waals surface area contributed by atoms with Crippen LogP contribution in [0.2, 0.25) is 5.02 Å². The number of imide groups is 1. The fraction of sp³-hybridized carbons (Fsp3) is 0.130. The lowest BCUT2D eigenvalue weighted by Crippen LogP contribution is -2.37. The van der Waals surface area contributed by atoms with E-state index in [4.69, 9.17) is 16.4 Å². The molecule has 160 valence electrons. The van der Waals surface area contributed by atoms with E-state index in [1.807, 2.05) is 6.07 Å².